The van der Waals surface area contributed by atoms with Gasteiger partial charge in [0.25, 0.3) is 5.56 Å². The molecule has 0 aliphatic carbocycles. The van der Waals surface area contributed by atoms with Crippen molar-refractivity contribution in [3.05, 3.63) is 45.3 Å². The molecule has 0 spiro atoms. The van der Waals surface area contributed by atoms with Gasteiger partial charge >= 0.3 is 0 Å². The van der Waals surface area contributed by atoms with E-state index in [0.717, 1.165) is 5.56 Å². The predicted octanol–water partition coefficient (Wildman–Crippen LogP) is 1.78. The van der Waals surface area contributed by atoms with Crippen molar-refractivity contribution < 1.29 is 0 Å². The molecule has 0 amide bonds. The molecule has 0 unspecified atom stereocenters. The van der Waals surface area contributed by atoms with Crippen LogP contribution in [-0.2, 0) is 0 Å². The van der Waals surface area contributed by atoms with Crippen molar-refractivity contribution in [2.24, 2.45) is 0 Å². The molecule has 2 rings (SSSR count). The maximum Gasteiger partial charge on any atom is 0.261 e. The second kappa shape index (κ2) is 3.86. The van der Waals surface area contributed by atoms with Crippen LogP contribution < -0.4 is 11.3 Å². The van der Waals surface area contributed by atoms with E-state index in [1.54, 1.807) is 0 Å². The van der Waals surface area contributed by atoms with E-state index in [4.69, 9.17) is 5.73 Å². The second-order valence-electron chi connectivity index (χ2n) is 2.98. The van der Waals surface area contributed by atoms with Gasteiger partial charge in [-0.25, -0.2) is 4.98 Å². The summed E-state index contributed by atoms with van der Waals surface area (Å²) < 4.78 is 0.454. The van der Waals surface area contributed by atoms with Crippen LogP contribution in [0.25, 0.3) is 11.1 Å². The van der Waals surface area contributed by atoms with E-state index in [1.165, 1.54) is 0 Å². The number of nitrogens with one attached hydrogen (secondary N) is 1. The number of hydrogen-bond acceptors (Lipinski definition) is 3. The summed E-state index contributed by atoms with van der Waals surface area (Å²) in [6, 6.07) is 9.28. The number of nitrogens with two attached hydrogens (primary N) is 1. The molecule has 0 fully saturated rings. The molecule has 15 heavy (non-hydrogen) atoms. The Bertz CT molecular complexity index is 536. The lowest BCUT2D eigenvalue weighted by Crippen LogP contribution is -2.14. The van der Waals surface area contributed by atoms with E-state index in [2.05, 4.69) is 25.9 Å². The summed E-state index contributed by atoms with van der Waals surface area (Å²) >= 11 is 3.22. The topological polar surface area (TPSA) is 71.8 Å². The molecule has 4 nitrogen and oxygen atoms in total. The lowest BCUT2D eigenvalue weighted by Gasteiger charge is -2.03. The number of rotatable bonds is 1. The Morgan fingerprint density at radius 1 is 1.27 bits per heavy atom. The zero-order valence-corrected chi connectivity index (χ0v) is 9.28. The van der Waals surface area contributed by atoms with Gasteiger partial charge in [-0.1, -0.05) is 30.3 Å². The standard InChI is InChI=1S/C10H8BrN3O/c11-8-7(6-4-2-1-3-5-6)9(15)14-10(12)13-8/h1-5H,(H3,12,13,14,15). The van der Waals surface area contributed by atoms with Crippen molar-refractivity contribution in [3.63, 3.8) is 0 Å². The average molecular weight is 266 g/mol. The number of H-pyrrole nitrogens is 1. The number of anilines is 1. The third-order valence-electron chi connectivity index (χ3n) is 1.96. The Kier molecular flexibility index (Phi) is 2.55. The fraction of sp³-hybridized carbons (Fsp3) is 0. The molecule has 0 atom stereocenters. The predicted molar refractivity (Wildman–Crippen MR) is 62.4 cm³/mol. The van der Waals surface area contributed by atoms with E-state index in [0.29, 0.717) is 10.2 Å². The van der Waals surface area contributed by atoms with Gasteiger partial charge in [-0.2, -0.15) is 0 Å². The molecular weight excluding hydrogens is 258 g/mol. The van der Waals surface area contributed by atoms with Crippen molar-refractivity contribution in [2.75, 3.05) is 5.73 Å². The molecule has 0 aliphatic rings. The zero-order valence-electron chi connectivity index (χ0n) is 7.70. The molecule has 0 bridgehead atoms. The van der Waals surface area contributed by atoms with Crippen molar-refractivity contribution in [1.29, 1.82) is 0 Å². The van der Waals surface area contributed by atoms with Crippen LogP contribution in [0.4, 0.5) is 5.95 Å². The number of aromatic amines is 1. The van der Waals surface area contributed by atoms with Gasteiger partial charge in [0.2, 0.25) is 5.95 Å². The van der Waals surface area contributed by atoms with Gasteiger partial charge in [0.15, 0.2) is 0 Å². The first-order valence-electron chi connectivity index (χ1n) is 4.29. The smallest absolute Gasteiger partial charge is 0.261 e. The van der Waals surface area contributed by atoms with Crippen LogP contribution in [0.1, 0.15) is 0 Å². The molecule has 0 saturated carbocycles. The first kappa shape index (κ1) is 9.92. The number of hydrogen-bond donors (Lipinski definition) is 2. The summed E-state index contributed by atoms with van der Waals surface area (Å²) in [5, 5.41) is 0. The van der Waals surface area contributed by atoms with Crippen LogP contribution in [0.3, 0.4) is 0 Å². The lowest BCUT2D eigenvalue weighted by atomic mass is 10.1. The number of nitrogens with zero attached hydrogens (tertiary/aromatic N) is 1. The van der Waals surface area contributed by atoms with E-state index in [1.807, 2.05) is 30.3 Å². The van der Waals surface area contributed by atoms with Crippen LogP contribution in [0.2, 0.25) is 0 Å². The number of benzene rings is 1. The van der Waals surface area contributed by atoms with Crippen molar-refractivity contribution in [1.82, 2.24) is 9.97 Å². The molecular formula is C10H8BrN3O. The Hall–Kier alpha value is -1.62. The van der Waals surface area contributed by atoms with Crippen molar-refractivity contribution >= 4 is 21.9 Å². The van der Waals surface area contributed by atoms with Crippen molar-refractivity contribution in [2.45, 2.75) is 0 Å². The first-order valence-corrected chi connectivity index (χ1v) is 5.08. The van der Waals surface area contributed by atoms with Crippen LogP contribution in [0.15, 0.2) is 39.7 Å². The minimum atomic E-state index is -0.249. The Morgan fingerprint density at radius 3 is 2.53 bits per heavy atom. The Balaban J connectivity index is 2.69. The fourth-order valence-electron chi connectivity index (χ4n) is 1.32. The van der Waals surface area contributed by atoms with Gasteiger partial charge in [-0.3, -0.25) is 9.78 Å². The summed E-state index contributed by atoms with van der Waals surface area (Å²) in [7, 11) is 0. The molecule has 0 saturated heterocycles. The fourth-order valence-corrected chi connectivity index (χ4v) is 1.92. The molecule has 0 radical (unpaired) electrons. The van der Waals surface area contributed by atoms with Crippen LogP contribution >= 0.6 is 15.9 Å². The zero-order chi connectivity index (χ0) is 10.8. The van der Waals surface area contributed by atoms with Crippen LogP contribution in [0.5, 0.6) is 0 Å². The van der Waals surface area contributed by atoms with Gasteiger partial charge in [-0.05, 0) is 21.5 Å². The quantitative estimate of drug-likeness (QED) is 0.773. The Morgan fingerprint density at radius 2 is 1.93 bits per heavy atom. The highest BCUT2D eigenvalue weighted by Crippen LogP contribution is 2.22. The Labute approximate surface area is 94.3 Å². The molecule has 1 aromatic carbocycles. The maximum atomic E-state index is 11.7. The van der Waals surface area contributed by atoms with Gasteiger partial charge in [0, 0.05) is 0 Å². The summed E-state index contributed by atoms with van der Waals surface area (Å²) in [4.78, 5) is 18.1. The highest BCUT2D eigenvalue weighted by molar-refractivity contribution is 9.10. The summed E-state index contributed by atoms with van der Waals surface area (Å²) in [6.45, 7) is 0. The molecule has 76 valence electrons. The summed E-state index contributed by atoms with van der Waals surface area (Å²) in [5.41, 5.74) is 6.45. The number of aromatic nitrogens is 2. The van der Waals surface area contributed by atoms with Crippen LogP contribution in [0, 0.1) is 0 Å². The molecule has 0 aliphatic heterocycles. The van der Waals surface area contributed by atoms with E-state index >= 15 is 0 Å². The molecule has 2 aromatic rings. The lowest BCUT2D eigenvalue weighted by molar-refractivity contribution is 1.12. The van der Waals surface area contributed by atoms with Gasteiger partial charge in [0.05, 0.1) is 5.56 Å². The third kappa shape index (κ3) is 1.92. The number of nitrogen functional groups attached to an aromatic ring is 1. The van der Waals surface area contributed by atoms with E-state index in [-0.39, 0.29) is 11.5 Å². The maximum absolute atomic E-state index is 11.7. The van der Waals surface area contributed by atoms with Crippen molar-refractivity contribution in [3.8, 4) is 11.1 Å². The molecule has 5 heteroatoms. The third-order valence-corrected chi connectivity index (χ3v) is 2.53. The van der Waals surface area contributed by atoms with Gasteiger partial charge < -0.3 is 5.73 Å². The monoisotopic (exact) mass is 265 g/mol. The summed E-state index contributed by atoms with van der Waals surface area (Å²) in [5.74, 6) is 0.103. The average Bonchev–Trinajstić information content (AvgIpc) is 2.17. The molecule has 1 aromatic heterocycles. The highest BCUT2D eigenvalue weighted by atomic mass is 79.9. The largest absolute Gasteiger partial charge is 0.369 e. The molecule has 3 N–H and O–H groups in total. The van der Waals surface area contributed by atoms with E-state index in [9.17, 15) is 4.79 Å². The minimum absolute atomic E-state index is 0.103. The SMILES string of the molecule is Nc1nc(Br)c(-c2ccccc2)c(=O)[nH]1. The normalized spacial score (nSPS) is 10.2. The minimum Gasteiger partial charge on any atom is -0.369 e. The van der Waals surface area contributed by atoms with Crippen LogP contribution in [-0.4, -0.2) is 9.97 Å². The van der Waals surface area contributed by atoms with Gasteiger partial charge in [-0.15, -0.1) is 0 Å². The van der Waals surface area contributed by atoms with E-state index < -0.39 is 0 Å². The van der Waals surface area contributed by atoms with Gasteiger partial charge in [0.1, 0.15) is 4.60 Å². The first-order chi connectivity index (χ1) is 7.18. The highest BCUT2D eigenvalue weighted by Gasteiger charge is 2.09. The summed E-state index contributed by atoms with van der Waals surface area (Å²) in [6.07, 6.45) is 0. The molecule has 1 heterocycles. The number of halogens is 1. The second-order valence-corrected chi connectivity index (χ2v) is 3.73.